The van der Waals surface area contributed by atoms with E-state index >= 15 is 0 Å². The molecule has 0 aliphatic heterocycles. The van der Waals surface area contributed by atoms with Gasteiger partial charge >= 0.3 is 0 Å². The van der Waals surface area contributed by atoms with Gasteiger partial charge in [-0.1, -0.05) is 78.0 Å². The van der Waals surface area contributed by atoms with Crippen LogP contribution in [0.4, 0.5) is 0 Å². The molecule has 0 radical (unpaired) electrons. The Morgan fingerprint density at radius 2 is 1.58 bits per heavy atom. The summed E-state index contributed by atoms with van der Waals surface area (Å²) in [4.78, 5) is 0. The summed E-state index contributed by atoms with van der Waals surface area (Å²) in [5, 5.41) is 0. The molecule has 0 aliphatic carbocycles. The molecule has 0 unspecified atom stereocenters. The van der Waals surface area contributed by atoms with Crippen LogP contribution < -0.4 is 0 Å². The molecule has 1 aromatic carbocycles. The highest BCUT2D eigenvalue weighted by molar-refractivity contribution is 5.34. The third kappa shape index (κ3) is 5.80. The van der Waals surface area contributed by atoms with Gasteiger partial charge in [0.2, 0.25) is 0 Å². The quantitative estimate of drug-likeness (QED) is 0.459. The van der Waals surface area contributed by atoms with Gasteiger partial charge in [0.1, 0.15) is 0 Å². The fourth-order valence-electron chi connectivity index (χ4n) is 2.79. The molecule has 19 heavy (non-hydrogen) atoms. The fourth-order valence-corrected chi connectivity index (χ4v) is 2.79. The molecule has 1 rings (SSSR count). The van der Waals surface area contributed by atoms with Gasteiger partial charge in [0.05, 0.1) is 0 Å². The highest BCUT2D eigenvalue weighted by Gasteiger charge is 2.06. The summed E-state index contributed by atoms with van der Waals surface area (Å²) >= 11 is 0. The average Bonchev–Trinajstić information content (AvgIpc) is 2.42. The van der Waals surface area contributed by atoms with Gasteiger partial charge < -0.3 is 0 Å². The van der Waals surface area contributed by atoms with E-state index < -0.39 is 0 Å². The van der Waals surface area contributed by atoms with Crippen molar-refractivity contribution in [1.29, 1.82) is 0 Å². The van der Waals surface area contributed by atoms with E-state index in [1.807, 2.05) is 0 Å². The molecular formula is C19H32. The van der Waals surface area contributed by atoms with E-state index in [1.54, 1.807) is 5.56 Å². The summed E-state index contributed by atoms with van der Waals surface area (Å²) in [5.74, 6) is 0.651. The van der Waals surface area contributed by atoms with Gasteiger partial charge in [0, 0.05) is 0 Å². The lowest BCUT2D eigenvalue weighted by atomic mass is 9.92. The number of hydrogen-bond acceptors (Lipinski definition) is 0. The first-order valence-electron chi connectivity index (χ1n) is 8.30. The van der Waals surface area contributed by atoms with E-state index in [0.717, 1.165) is 6.42 Å². The Kier molecular flexibility index (Phi) is 7.86. The average molecular weight is 260 g/mol. The molecule has 0 saturated carbocycles. The standard InChI is InChI=1S/C19H32/c1-5-7-8-9-10-11-12-17-13-14-19(16(3)4)18(6-2)15-17/h13-16H,5-12H2,1-4H3. The van der Waals surface area contributed by atoms with Crippen LogP contribution >= 0.6 is 0 Å². The lowest BCUT2D eigenvalue weighted by Crippen LogP contribution is -1.97. The zero-order valence-corrected chi connectivity index (χ0v) is 13.5. The number of hydrogen-bond donors (Lipinski definition) is 0. The maximum absolute atomic E-state index is 2.45. The van der Waals surface area contributed by atoms with Crippen molar-refractivity contribution < 1.29 is 0 Å². The predicted octanol–water partition coefficient (Wildman–Crippen LogP) is 6.28. The van der Waals surface area contributed by atoms with E-state index in [4.69, 9.17) is 0 Å². The molecule has 0 spiro atoms. The summed E-state index contributed by atoms with van der Waals surface area (Å²) in [5.41, 5.74) is 4.63. The van der Waals surface area contributed by atoms with Crippen LogP contribution in [-0.4, -0.2) is 0 Å². The second-order valence-electron chi connectivity index (χ2n) is 6.06. The van der Waals surface area contributed by atoms with Gasteiger partial charge in [0.15, 0.2) is 0 Å². The Morgan fingerprint density at radius 3 is 2.21 bits per heavy atom. The normalized spacial score (nSPS) is 11.2. The van der Waals surface area contributed by atoms with Crippen LogP contribution in [0.2, 0.25) is 0 Å². The first kappa shape index (κ1) is 16.3. The Balaban J connectivity index is 2.42. The van der Waals surface area contributed by atoms with E-state index in [-0.39, 0.29) is 0 Å². The van der Waals surface area contributed by atoms with Crippen LogP contribution in [0.1, 0.15) is 88.8 Å². The lowest BCUT2D eigenvalue weighted by Gasteiger charge is -2.13. The van der Waals surface area contributed by atoms with E-state index in [0.29, 0.717) is 5.92 Å². The zero-order valence-electron chi connectivity index (χ0n) is 13.5. The number of unbranched alkanes of at least 4 members (excludes halogenated alkanes) is 5. The van der Waals surface area contributed by atoms with Gasteiger partial charge in [-0.2, -0.15) is 0 Å². The highest BCUT2D eigenvalue weighted by Crippen LogP contribution is 2.22. The van der Waals surface area contributed by atoms with Crippen molar-refractivity contribution in [1.82, 2.24) is 0 Å². The summed E-state index contributed by atoms with van der Waals surface area (Å²) in [6.45, 7) is 9.14. The molecule has 0 aliphatic rings. The largest absolute Gasteiger partial charge is 0.0654 e. The molecule has 0 fully saturated rings. The van der Waals surface area contributed by atoms with Crippen molar-refractivity contribution in [2.75, 3.05) is 0 Å². The van der Waals surface area contributed by atoms with Crippen LogP contribution in [-0.2, 0) is 12.8 Å². The molecular weight excluding hydrogens is 228 g/mol. The van der Waals surface area contributed by atoms with E-state index in [1.165, 1.54) is 56.1 Å². The number of rotatable bonds is 9. The smallest absolute Gasteiger partial charge is 0.0216 e. The summed E-state index contributed by atoms with van der Waals surface area (Å²) in [7, 11) is 0. The molecule has 0 heteroatoms. The molecule has 0 amide bonds. The molecule has 0 atom stereocenters. The third-order valence-electron chi connectivity index (χ3n) is 4.03. The topological polar surface area (TPSA) is 0 Å². The third-order valence-corrected chi connectivity index (χ3v) is 4.03. The first-order valence-corrected chi connectivity index (χ1v) is 8.30. The minimum absolute atomic E-state index is 0.651. The van der Waals surface area contributed by atoms with Gasteiger partial charge in [0.25, 0.3) is 0 Å². The zero-order chi connectivity index (χ0) is 14.1. The fraction of sp³-hybridized carbons (Fsp3) is 0.684. The van der Waals surface area contributed by atoms with E-state index in [9.17, 15) is 0 Å². The molecule has 0 heterocycles. The van der Waals surface area contributed by atoms with Crippen molar-refractivity contribution in [2.45, 2.75) is 85.0 Å². The Hall–Kier alpha value is -0.780. The van der Waals surface area contributed by atoms with Crippen molar-refractivity contribution in [3.8, 4) is 0 Å². The van der Waals surface area contributed by atoms with Gasteiger partial charge in [-0.15, -0.1) is 0 Å². The van der Waals surface area contributed by atoms with Crippen molar-refractivity contribution in [3.05, 3.63) is 34.9 Å². The number of aryl methyl sites for hydroxylation is 2. The molecule has 0 nitrogen and oxygen atoms in total. The molecule has 0 saturated heterocycles. The Labute approximate surface area is 120 Å². The predicted molar refractivity (Wildman–Crippen MR) is 87.0 cm³/mol. The van der Waals surface area contributed by atoms with Gasteiger partial charge in [-0.25, -0.2) is 0 Å². The Bertz CT molecular complexity index is 349. The summed E-state index contributed by atoms with van der Waals surface area (Å²) in [6.07, 6.45) is 10.8. The summed E-state index contributed by atoms with van der Waals surface area (Å²) < 4.78 is 0. The summed E-state index contributed by atoms with van der Waals surface area (Å²) in [6, 6.07) is 7.15. The minimum Gasteiger partial charge on any atom is -0.0654 e. The molecule has 1 aromatic rings. The maximum atomic E-state index is 2.45. The lowest BCUT2D eigenvalue weighted by molar-refractivity contribution is 0.607. The van der Waals surface area contributed by atoms with Crippen LogP contribution in [0.5, 0.6) is 0 Å². The maximum Gasteiger partial charge on any atom is -0.0216 e. The van der Waals surface area contributed by atoms with Crippen LogP contribution in [0.3, 0.4) is 0 Å². The molecule has 0 aromatic heterocycles. The van der Waals surface area contributed by atoms with Crippen LogP contribution in [0.25, 0.3) is 0 Å². The van der Waals surface area contributed by atoms with Crippen molar-refractivity contribution in [3.63, 3.8) is 0 Å². The van der Waals surface area contributed by atoms with E-state index in [2.05, 4.69) is 45.9 Å². The first-order chi connectivity index (χ1) is 9.19. The number of benzene rings is 1. The SMILES string of the molecule is CCCCCCCCc1ccc(C(C)C)c(CC)c1. The highest BCUT2D eigenvalue weighted by atomic mass is 14.1. The molecule has 108 valence electrons. The second kappa shape index (κ2) is 9.18. The molecule has 0 bridgehead atoms. The van der Waals surface area contributed by atoms with Crippen molar-refractivity contribution >= 4 is 0 Å². The minimum atomic E-state index is 0.651. The Morgan fingerprint density at radius 1 is 0.895 bits per heavy atom. The second-order valence-corrected chi connectivity index (χ2v) is 6.06. The monoisotopic (exact) mass is 260 g/mol. The van der Waals surface area contributed by atoms with Crippen LogP contribution in [0.15, 0.2) is 18.2 Å². The van der Waals surface area contributed by atoms with Gasteiger partial charge in [-0.05, 0) is 41.9 Å². The van der Waals surface area contributed by atoms with Crippen LogP contribution in [0, 0.1) is 0 Å². The van der Waals surface area contributed by atoms with Crippen molar-refractivity contribution in [2.24, 2.45) is 0 Å². The molecule has 0 N–H and O–H groups in total. The van der Waals surface area contributed by atoms with Gasteiger partial charge in [-0.3, -0.25) is 0 Å².